The molecule has 0 radical (unpaired) electrons. The van der Waals surface area contributed by atoms with E-state index in [0.29, 0.717) is 6.61 Å². The third-order valence-electron chi connectivity index (χ3n) is 4.12. The molecule has 6 heteroatoms. The minimum atomic E-state index is -0.249. The summed E-state index contributed by atoms with van der Waals surface area (Å²) in [6.45, 7) is 9.00. The molecule has 1 unspecified atom stereocenters. The highest BCUT2D eigenvalue weighted by atomic mass is 79.9. The van der Waals surface area contributed by atoms with Crippen LogP contribution in [0.4, 0.5) is 0 Å². The van der Waals surface area contributed by atoms with E-state index in [1.54, 1.807) is 0 Å². The molecule has 1 aromatic heterocycles. The van der Waals surface area contributed by atoms with Crippen molar-refractivity contribution in [1.29, 1.82) is 0 Å². The van der Waals surface area contributed by atoms with Gasteiger partial charge in [0.2, 0.25) is 0 Å². The van der Waals surface area contributed by atoms with Crippen molar-refractivity contribution >= 4 is 15.9 Å². The van der Waals surface area contributed by atoms with Gasteiger partial charge in [0.1, 0.15) is 0 Å². The Bertz CT molecular complexity index is 429. The van der Waals surface area contributed by atoms with E-state index in [0.717, 1.165) is 35.1 Å². The van der Waals surface area contributed by atoms with Crippen molar-refractivity contribution in [2.24, 2.45) is 12.9 Å². The SMILES string of the molecule is CCOC(CC)(CC)C(Cc1c(Br)c(C)nn1C)NN. The van der Waals surface area contributed by atoms with E-state index >= 15 is 0 Å². The Hall–Kier alpha value is -0.430. The molecule has 0 aromatic carbocycles. The van der Waals surface area contributed by atoms with Crippen LogP contribution in [0.15, 0.2) is 4.47 Å². The molecule has 0 saturated heterocycles. The quantitative estimate of drug-likeness (QED) is 0.560. The summed E-state index contributed by atoms with van der Waals surface area (Å²) in [4.78, 5) is 0. The summed E-state index contributed by atoms with van der Waals surface area (Å²) < 4.78 is 9.01. The van der Waals surface area contributed by atoms with Crippen molar-refractivity contribution < 1.29 is 4.74 Å². The average molecular weight is 347 g/mol. The number of hydrogen-bond donors (Lipinski definition) is 2. The van der Waals surface area contributed by atoms with E-state index in [2.05, 4.69) is 40.3 Å². The number of rotatable bonds is 8. The standard InChI is InChI=1S/C14H27BrN4O/c1-6-14(7-2,20-8-3)12(17-16)9-11-13(15)10(4)18-19(11)5/h12,17H,6-9,16H2,1-5H3. The maximum Gasteiger partial charge on any atom is 0.0846 e. The minimum Gasteiger partial charge on any atom is -0.374 e. The lowest BCUT2D eigenvalue weighted by Gasteiger charge is -2.39. The van der Waals surface area contributed by atoms with Crippen LogP contribution < -0.4 is 11.3 Å². The Morgan fingerprint density at radius 2 is 2.00 bits per heavy atom. The molecule has 1 aromatic rings. The highest BCUT2D eigenvalue weighted by Crippen LogP contribution is 2.29. The van der Waals surface area contributed by atoms with Gasteiger partial charge in [0.05, 0.1) is 27.5 Å². The molecular formula is C14H27BrN4O. The molecule has 116 valence electrons. The molecular weight excluding hydrogens is 320 g/mol. The Morgan fingerprint density at radius 3 is 2.35 bits per heavy atom. The van der Waals surface area contributed by atoms with Gasteiger partial charge in [-0.1, -0.05) is 13.8 Å². The number of nitrogens with one attached hydrogen (secondary N) is 1. The van der Waals surface area contributed by atoms with Gasteiger partial charge in [0.15, 0.2) is 0 Å². The number of aryl methyl sites for hydroxylation is 2. The Morgan fingerprint density at radius 1 is 1.40 bits per heavy atom. The molecule has 0 fully saturated rings. The summed E-state index contributed by atoms with van der Waals surface area (Å²) in [5.74, 6) is 5.82. The molecule has 3 N–H and O–H groups in total. The van der Waals surface area contributed by atoms with Crippen molar-refractivity contribution in [2.75, 3.05) is 6.61 Å². The molecule has 20 heavy (non-hydrogen) atoms. The fraction of sp³-hybridized carbons (Fsp3) is 0.786. The summed E-state index contributed by atoms with van der Waals surface area (Å²) in [5, 5.41) is 4.44. The average Bonchev–Trinajstić information content (AvgIpc) is 2.68. The molecule has 5 nitrogen and oxygen atoms in total. The first-order valence-corrected chi connectivity index (χ1v) is 8.03. The first kappa shape index (κ1) is 17.6. The van der Waals surface area contributed by atoms with Crippen molar-refractivity contribution in [3.8, 4) is 0 Å². The number of hydrogen-bond acceptors (Lipinski definition) is 4. The molecule has 0 aliphatic heterocycles. The fourth-order valence-corrected chi connectivity index (χ4v) is 3.32. The Kier molecular flexibility index (Phi) is 6.64. The maximum absolute atomic E-state index is 6.05. The monoisotopic (exact) mass is 346 g/mol. The van der Waals surface area contributed by atoms with Gasteiger partial charge in [0, 0.05) is 20.1 Å². The highest BCUT2D eigenvalue weighted by Gasteiger charge is 2.37. The van der Waals surface area contributed by atoms with E-state index in [1.807, 2.05) is 25.6 Å². The second kappa shape index (κ2) is 7.54. The Labute approximate surface area is 130 Å². The van der Waals surface area contributed by atoms with Crippen LogP contribution in [0.3, 0.4) is 0 Å². The predicted octanol–water partition coefficient (Wildman–Crippen LogP) is 2.46. The smallest absolute Gasteiger partial charge is 0.0846 e. The molecule has 0 aliphatic rings. The minimum absolute atomic E-state index is 0.0450. The van der Waals surface area contributed by atoms with E-state index in [1.165, 1.54) is 0 Å². The van der Waals surface area contributed by atoms with Gasteiger partial charge in [-0.25, -0.2) is 0 Å². The fourth-order valence-electron chi connectivity index (χ4n) is 2.83. The summed E-state index contributed by atoms with van der Waals surface area (Å²) in [5.41, 5.74) is 4.84. The van der Waals surface area contributed by atoms with E-state index in [4.69, 9.17) is 10.6 Å². The predicted molar refractivity (Wildman–Crippen MR) is 85.4 cm³/mol. The van der Waals surface area contributed by atoms with E-state index in [-0.39, 0.29) is 11.6 Å². The van der Waals surface area contributed by atoms with Crippen molar-refractivity contribution in [3.63, 3.8) is 0 Å². The van der Waals surface area contributed by atoms with Crippen LogP contribution in [-0.2, 0) is 18.2 Å². The van der Waals surface area contributed by atoms with Gasteiger partial charge in [0.25, 0.3) is 0 Å². The largest absolute Gasteiger partial charge is 0.374 e. The molecule has 1 heterocycles. The Balaban J connectivity index is 3.06. The van der Waals surface area contributed by atoms with Crippen LogP contribution in [0, 0.1) is 6.92 Å². The molecule has 1 atom stereocenters. The lowest BCUT2D eigenvalue weighted by molar-refractivity contribution is -0.0723. The molecule has 0 bridgehead atoms. The van der Waals surface area contributed by atoms with Gasteiger partial charge in [-0.05, 0) is 42.6 Å². The molecule has 0 aliphatic carbocycles. The van der Waals surface area contributed by atoms with E-state index < -0.39 is 0 Å². The first-order valence-electron chi connectivity index (χ1n) is 7.23. The normalized spacial score (nSPS) is 13.8. The number of hydrazine groups is 1. The molecule has 0 saturated carbocycles. The lowest BCUT2D eigenvalue weighted by atomic mass is 9.85. The second-order valence-corrected chi connectivity index (χ2v) is 5.89. The number of halogens is 1. The molecule has 0 amide bonds. The number of nitrogens with zero attached hydrogens (tertiary/aromatic N) is 2. The summed E-state index contributed by atoms with van der Waals surface area (Å²) in [6, 6.07) is 0.0450. The van der Waals surface area contributed by atoms with Gasteiger partial charge < -0.3 is 4.74 Å². The van der Waals surface area contributed by atoms with Crippen LogP contribution in [0.1, 0.15) is 45.0 Å². The van der Waals surface area contributed by atoms with Gasteiger partial charge >= 0.3 is 0 Å². The van der Waals surface area contributed by atoms with Gasteiger partial charge in [-0.15, -0.1) is 0 Å². The summed E-state index contributed by atoms with van der Waals surface area (Å²) in [7, 11) is 1.96. The van der Waals surface area contributed by atoms with Crippen molar-refractivity contribution in [2.45, 2.75) is 58.6 Å². The second-order valence-electron chi connectivity index (χ2n) is 5.10. The van der Waals surface area contributed by atoms with Crippen LogP contribution >= 0.6 is 15.9 Å². The third-order valence-corrected chi connectivity index (χ3v) is 5.16. The zero-order valence-electron chi connectivity index (χ0n) is 13.2. The summed E-state index contributed by atoms with van der Waals surface area (Å²) >= 11 is 3.62. The third kappa shape index (κ3) is 3.42. The zero-order valence-corrected chi connectivity index (χ0v) is 14.7. The van der Waals surface area contributed by atoms with Crippen molar-refractivity contribution in [1.82, 2.24) is 15.2 Å². The number of aromatic nitrogens is 2. The van der Waals surface area contributed by atoms with Gasteiger partial charge in [-0.2, -0.15) is 5.10 Å². The van der Waals surface area contributed by atoms with Crippen LogP contribution in [0.2, 0.25) is 0 Å². The van der Waals surface area contributed by atoms with Gasteiger partial charge in [-0.3, -0.25) is 16.0 Å². The van der Waals surface area contributed by atoms with Crippen LogP contribution in [0.5, 0.6) is 0 Å². The maximum atomic E-state index is 6.05. The van der Waals surface area contributed by atoms with Crippen LogP contribution in [-0.4, -0.2) is 28.0 Å². The molecule has 0 spiro atoms. The zero-order chi connectivity index (χ0) is 15.3. The van der Waals surface area contributed by atoms with E-state index in [9.17, 15) is 0 Å². The summed E-state index contributed by atoms with van der Waals surface area (Å²) in [6.07, 6.45) is 2.61. The highest BCUT2D eigenvalue weighted by molar-refractivity contribution is 9.10. The van der Waals surface area contributed by atoms with Crippen molar-refractivity contribution in [3.05, 3.63) is 15.9 Å². The first-order chi connectivity index (χ1) is 9.45. The van der Waals surface area contributed by atoms with Crippen LogP contribution in [0.25, 0.3) is 0 Å². The number of ether oxygens (including phenoxy) is 1. The molecule has 1 rings (SSSR count). The topological polar surface area (TPSA) is 65.1 Å². The number of nitrogens with two attached hydrogens (primary N) is 1. The lowest BCUT2D eigenvalue weighted by Crippen LogP contribution is -2.55.